The summed E-state index contributed by atoms with van der Waals surface area (Å²) in [5, 5.41) is 8.81. The van der Waals surface area contributed by atoms with Crippen molar-refractivity contribution in [1.29, 1.82) is 0 Å². The molecular weight excluding hydrogens is 671 g/mol. The summed E-state index contributed by atoms with van der Waals surface area (Å²) in [4.78, 5) is 15.6. The molecule has 11 rings (SSSR count). The molecule has 0 atom stereocenters. The molecule has 0 unspecified atom stereocenters. The summed E-state index contributed by atoms with van der Waals surface area (Å²) in [5.41, 5.74) is 9.15. The number of furan rings is 1. The third-order valence-electron chi connectivity index (χ3n) is 10.7. The summed E-state index contributed by atoms with van der Waals surface area (Å²) in [6.45, 7) is 0. The zero-order chi connectivity index (χ0) is 36.3. The number of rotatable bonds is 5. The van der Waals surface area contributed by atoms with Crippen LogP contribution in [0.4, 0.5) is 0 Å². The van der Waals surface area contributed by atoms with Gasteiger partial charge in [-0.25, -0.2) is 15.0 Å². The van der Waals surface area contributed by atoms with Crippen LogP contribution in [0.3, 0.4) is 0 Å². The van der Waals surface area contributed by atoms with E-state index in [1.54, 1.807) is 0 Å². The Labute approximate surface area is 317 Å². The predicted octanol–water partition coefficient (Wildman–Crippen LogP) is 13.6. The van der Waals surface area contributed by atoms with Crippen LogP contribution >= 0.6 is 0 Å². The summed E-state index contributed by atoms with van der Waals surface area (Å²) in [5.74, 6) is 1.85. The molecule has 2 aromatic heterocycles. The number of hydrogen-bond acceptors (Lipinski definition) is 4. The molecule has 0 N–H and O–H groups in total. The van der Waals surface area contributed by atoms with E-state index < -0.39 is 0 Å². The first-order valence-electron chi connectivity index (χ1n) is 18.5. The fraction of sp³-hybridized carbons (Fsp3) is 0. The van der Waals surface area contributed by atoms with Gasteiger partial charge in [0.1, 0.15) is 11.2 Å². The van der Waals surface area contributed by atoms with Gasteiger partial charge in [-0.15, -0.1) is 0 Å². The van der Waals surface area contributed by atoms with Gasteiger partial charge in [0.25, 0.3) is 0 Å². The maximum atomic E-state index is 6.74. The third-order valence-corrected chi connectivity index (χ3v) is 10.7. The summed E-state index contributed by atoms with van der Waals surface area (Å²) in [6, 6.07) is 65.7. The molecule has 0 aliphatic heterocycles. The standard InChI is InChI=1S/C51H31N3O/c1-3-13-32(14-4-1)35-25-26-37-30-38(28-27-36(37)29-35)50-52-49(34-16-5-2-6-17-34)53-51(54-50)44-31-45-47-42(40-22-11-18-33-15-7-8-19-39(33)40)23-12-24-46(47)55-48(45)43-21-10-9-20-41(43)44/h1-31H. The van der Waals surface area contributed by atoms with E-state index >= 15 is 0 Å². The van der Waals surface area contributed by atoms with Gasteiger partial charge in [-0.2, -0.15) is 0 Å². The van der Waals surface area contributed by atoms with Crippen LogP contribution < -0.4 is 0 Å². The molecule has 0 amide bonds. The molecular formula is C51H31N3O. The number of nitrogens with zero attached hydrogens (tertiary/aromatic N) is 3. The lowest BCUT2D eigenvalue weighted by Crippen LogP contribution is -2.00. The Hall–Kier alpha value is -7.43. The maximum absolute atomic E-state index is 6.74. The smallest absolute Gasteiger partial charge is 0.164 e. The van der Waals surface area contributed by atoms with Crippen molar-refractivity contribution < 1.29 is 4.42 Å². The Morgan fingerprint density at radius 3 is 1.69 bits per heavy atom. The normalized spacial score (nSPS) is 11.6. The average molecular weight is 702 g/mol. The Bertz CT molecular complexity index is 3250. The Morgan fingerprint density at radius 1 is 0.309 bits per heavy atom. The second-order valence-electron chi connectivity index (χ2n) is 14.0. The molecule has 256 valence electrons. The molecule has 0 saturated heterocycles. The number of hydrogen-bond donors (Lipinski definition) is 0. The predicted molar refractivity (Wildman–Crippen MR) is 227 cm³/mol. The van der Waals surface area contributed by atoms with E-state index in [-0.39, 0.29) is 0 Å². The van der Waals surface area contributed by atoms with Crippen LogP contribution in [0.1, 0.15) is 0 Å². The van der Waals surface area contributed by atoms with E-state index in [9.17, 15) is 0 Å². The molecule has 4 heteroatoms. The van der Waals surface area contributed by atoms with Crippen LogP contribution in [0.25, 0.3) is 111 Å². The second kappa shape index (κ2) is 12.6. The van der Waals surface area contributed by atoms with E-state index in [0.717, 1.165) is 65.7 Å². The van der Waals surface area contributed by atoms with Crippen LogP contribution in [0.2, 0.25) is 0 Å². The van der Waals surface area contributed by atoms with Crippen LogP contribution in [0.15, 0.2) is 192 Å². The highest BCUT2D eigenvalue weighted by Gasteiger charge is 2.21. The molecule has 0 bridgehead atoms. The third kappa shape index (κ3) is 5.26. The largest absolute Gasteiger partial charge is 0.455 e. The van der Waals surface area contributed by atoms with Crippen LogP contribution in [-0.2, 0) is 0 Å². The van der Waals surface area contributed by atoms with Gasteiger partial charge in [0, 0.05) is 32.8 Å². The average Bonchev–Trinajstić information content (AvgIpc) is 3.65. The van der Waals surface area contributed by atoms with E-state index in [1.807, 2.05) is 24.3 Å². The van der Waals surface area contributed by atoms with Crippen LogP contribution in [0.5, 0.6) is 0 Å². The van der Waals surface area contributed by atoms with E-state index in [0.29, 0.717) is 17.5 Å². The van der Waals surface area contributed by atoms with Crippen molar-refractivity contribution in [2.24, 2.45) is 0 Å². The van der Waals surface area contributed by atoms with Crippen LogP contribution in [0, 0.1) is 0 Å². The van der Waals surface area contributed by atoms with Crippen LogP contribution in [-0.4, -0.2) is 15.0 Å². The summed E-state index contributed by atoms with van der Waals surface area (Å²) in [6.07, 6.45) is 0. The van der Waals surface area contributed by atoms with Gasteiger partial charge >= 0.3 is 0 Å². The Kier molecular flexibility index (Phi) is 7.14. The highest BCUT2D eigenvalue weighted by atomic mass is 16.3. The van der Waals surface area contributed by atoms with Gasteiger partial charge in [-0.3, -0.25) is 0 Å². The minimum absolute atomic E-state index is 0.610. The molecule has 2 heterocycles. The van der Waals surface area contributed by atoms with E-state index in [2.05, 4.69) is 164 Å². The molecule has 0 fully saturated rings. The van der Waals surface area contributed by atoms with Crippen molar-refractivity contribution in [3.63, 3.8) is 0 Å². The number of aromatic nitrogens is 3. The lowest BCUT2D eigenvalue weighted by Gasteiger charge is -2.12. The van der Waals surface area contributed by atoms with Crippen molar-refractivity contribution in [2.75, 3.05) is 0 Å². The van der Waals surface area contributed by atoms with Gasteiger partial charge in [0.05, 0.1) is 0 Å². The monoisotopic (exact) mass is 701 g/mol. The van der Waals surface area contributed by atoms with Gasteiger partial charge in [-0.1, -0.05) is 164 Å². The quantitative estimate of drug-likeness (QED) is 0.179. The van der Waals surface area contributed by atoms with Gasteiger partial charge in [0.15, 0.2) is 17.5 Å². The minimum Gasteiger partial charge on any atom is -0.455 e. The Morgan fingerprint density at radius 2 is 0.891 bits per heavy atom. The maximum Gasteiger partial charge on any atom is 0.164 e. The van der Waals surface area contributed by atoms with Crippen molar-refractivity contribution in [2.45, 2.75) is 0 Å². The van der Waals surface area contributed by atoms with Gasteiger partial charge in [-0.05, 0) is 73.5 Å². The lowest BCUT2D eigenvalue weighted by molar-refractivity contribution is 0.673. The first-order valence-corrected chi connectivity index (χ1v) is 18.5. The van der Waals surface area contributed by atoms with Gasteiger partial charge in [0.2, 0.25) is 0 Å². The van der Waals surface area contributed by atoms with Crippen molar-refractivity contribution in [3.05, 3.63) is 188 Å². The first-order chi connectivity index (χ1) is 27.2. The van der Waals surface area contributed by atoms with Crippen molar-refractivity contribution in [3.8, 4) is 56.4 Å². The highest BCUT2D eigenvalue weighted by molar-refractivity contribution is 6.23. The summed E-state index contributed by atoms with van der Waals surface area (Å²) in [7, 11) is 0. The number of fused-ring (bicyclic) bond motifs is 7. The molecule has 0 aliphatic rings. The highest BCUT2D eigenvalue weighted by Crippen LogP contribution is 2.44. The lowest BCUT2D eigenvalue weighted by atomic mass is 9.93. The molecule has 0 aliphatic carbocycles. The fourth-order valence-electron chi connectivity index (χ4n) is 8.05. The second-order valence-corrected chi connectivity index (χ2v) is 14.0. The zero-order valence-corrected chi connectivity index (χ0v) is 29.6. The molecule has 4 nitrogen and oxygen atoms in total. The van der Waals surface area contributed by atoms with Gasteiger partial charge < -0.3 is 4.42 Å². The molecule has 0 radical (unpaired) electrons. The van der Waals surface area contributed by atoms with E-state index in [4.69, 9.17) is 19.4 Å². The first kappa shape index (κ1) is 31.1. The molecule has 0 saturated carbocycles. The summed E-state index contributed by atoms with van der Waals surface area (Å²) < 4.78 is 6.74. The SMILES string of the molecule is c1ccc(-c2ccc3cc(-c4nc(-c5ccccc5)nc(-c5cc6c(oc7cccc(-c8cccc9ccccc89)c76)c6ccccc56)n4)ccc3c2)cc1. The zero-order valence-electron chi connectivity index (χ0n) is 29.6. The molecule has 0 spiro atoms. The summed E-state index contributed by atoms with van der Waals surface area (Å²) >= 11 is 0. The minimum atomic E-state index is 0.610. The number of benzene rings is 9. The topological polar surface area (TPSA) is 51.8 Å². The Balaban J connectivity index is 1.14. The molecule has 11 aromatic rings. The van der Waals surface area contributed by atoms with Crippen molar-refractivity contribution >= 4 is 54.3 Å². The molecule has 9 aromatic carbocycles. The van der Waals surface area contributed by atoms with E-state index in [1.165, 1.54) is 27.5 Å². The van der Waals surface area contributed by atoms with Crippen molar-refractivity contribution in [1.82, 2.24) is 15.0 Å². The fourth-order valence-corrected chi connectivity index (χ4v) is 8.05. The molecule has 55 heavy (non-hydrogen) atoms.